The zero-order chi connectivity index (χ0) is 13.4. The summed E-state index contributed by atoms with van der Waals surface area (Å²) in [6.07, 6.45) is 0. The quantitative estimate of drug-likeness (QED) is 0.753. The zero-order valence-electron chi connectivity index (χ0n) is 9.48. The Labute approximate surface area is 127 Å². The van der Waals surface area contributed by atoms with E-state index in [2.05, 4.69) is 14.1 Å². The van der Waals surface area contributed by atoms with E-state index >= 15 is 0 Å². The van der Waals surface area contributed by atoms with Gasteiger partial charge in [-0.25, -0.2) is 0 Å². The van der Waals surface area contributed by atoms with Gasteiger partial charge < -0.3 is 11.1 Å². The lowest BCUT2D eigenvalue weighted by Gasteiger charge is -2.09. The summed E-state index contributed by atoms with van der Waals surface area (Å²) in [6, 6.07) is 3.55. The molecular formula is C11H8Cl2N4S2. The van der Waals surface area contributed by atoms with E-state index in [-0.39, 0.29) is 0 Å². The predicted molar refractivity (Wildman–Crippen MR) is 83.5 cm³/mol. The summed E-state index contributed by atoms with van der Waals surface area (Å²) in [7, 11) is 0. The van der Waals surface area contributed by atoms with Crippen molar-refractivity contribution in [2.75, 3.05) is 11.1 Å². The van der Waals surface area contributed by atoms with Crippen molar-refractivity contribution in [3.05, 3.63) is 32.4 Å². The van der Waals surface area contributed by atoms with Gasteiger partial charge in [0.2, 0.25) is 0 Å². The van der Waals surface area contributed by atoms with Gasteiger partial charge in [0.25, 0.3) is 0 Å². The number of anilines is 2. The molecule has 0 saturated heterocycles. The molecule has 0 fully saturated rings. The molecule has 0 radical (unpaired) electrons. The van der Waals surface area contributed by atoms with Crippen LogP contribution in [0.1, 0.15) is 4.88 Å². The Balaban J connectivity index is 1.97. The van der Waals surface area contributed by atoms with Crippen LogP contribution in [0.5, 0.6) is 0 Å². The fourth-order valence-electron chi connectivity index (χ4n) is 1.71. The highest BCUT2D eigenvalue weighted by Crippen LogP contribution is 2.35. The van der Waals surface area contributed by atoms with Gasteiger partial charge in [-0.3, -0.25) is 0 Å². The Morgan fingerprint density at radius 2 is 2.00 bits per heavy atom. The predicted octanol–water partition coefficient (Wildman–Crippen LogP) is 4.25. The molecule has 0 aliphatic heterocycles. The average molecular weight is 331 g/mol. The molecule has 4 nitrogen and oxygen atoms in total. The summed E-state index contributed by atoms with van der Waals surface area (Å²) < 4.78 is 8.39. The van der Waals surface area contributed by atoms with Gasteiger partial charge in [0.1, 0.15) is 11.0 Å². The first-order valence-electron chi connectivity index (χ1n) is 5.33. The summed E-state index contributed by atoms with van der Waals surface area (Å²) >= 11 is 15.0. The van der Waals surface area contributed by atoms with E-state index in [0.29, 0.717) is 27.6 Å². The summed E-state index contributed by atoms with van der Waals surface area (Å²) in [4.78, 5) is 1.06. The SMILES string of the molecule is Nc1ccsc1CNc1c(Cl)cc(Cl)c2nsnc12. The van der Waals surface area contributed by atoms with E-state index in [4.69, 9.17) is 28.9 Å². The fraction of sp³-hybridized carbons (Fsp3) is 0.0909. The van der Waals surface area contributed by atoms with Crippen LogP contribution < -0.4 is 11.1 Å². The maximum absolute atomic E-state index is 6.21. The lowest BCUT2D eigenvalue weighted by atomic mass is 10.2. The van der Waals surface area contributed by atoms with Crippen molar-refractivity contribution in [3.63, 3.8) is 0 Å². The summed E-state index contributed by atoms with van der Waals surface area (Å²) in [5.74, 6) is 0. The number of hydrogen-bond donors (Lipinski definition) is 2. The van der Waals surface area contributed by atoms with Gasteiger partial charge in [0.15, 0.2) is 0 Å². The van der Waals surface area contributed by atoms with Crippen LogP contribution in [0.3, 0.4) is 0 Å². The Hall–Kier alpha value is -1.08. The Morgan fingerprint density at radius 1 is 1.21 bits per heavy atom. The van der Waals surface area contributed by atoms with E-state index in [1.165, 1.54) is 0 Å². The number of aromatic nitrogens is 2. The van der Waals surface area contributed by atoms with Crippen molar-refractivity contribution >= 4 is 68.7 Å². The van der Waals surface area contributed by atoms with Gasteiger partial charge >= 0.3 is 0 Å². The molecule has 8 heteroatoms. The lowest BCUT2D eigenvalue weighted by molar-refractivity contribution is 1.20. The smallest absolute Gasteiger partial charge is 0.130 e. The van der Waals surface area contributed by atoms with Crippen LogP contribution >= 0.6 is 46.3 Å². The second kappa shape index (κ2) is 5.13. The number of fused-ring (bicyclic) bond motifs is 1. The molecule has 0 spiro atoms. The number of nitrogens with one attached hydrogen (secondary N) is 1. The number of halogens is 2. The normalized spacial score (nSPS) is 11.1. The molecule has 0 bridgehead atoms. The van der Waals surface area contributed by atoms with Gasteiger partial charge in [-0.1, -0.05) is 23.2 Å². The van der Waals surface area contributed by atoms with E-state index in [1.807, 2.05) is 11.4 Å². The first-order chi connectivity index (χ1) is 9.16. The number of benzene rings is 1. The molecule has 0 atom stereocenters. The summed E-state index contributed by atoms with van der Waals surface area (Å²) in [5.41, 5.74) is 8.72. The molecule has 3 rings (SSSR count). The van der Waals surface area contributed by atoms with Crippen molar-refractivity contribution < 1.29 is 0 Å². The molecule has 2 aromatic heterocycles. The van der Waals surface area contributed by atoms with E-state index in [1.54, 1.807) is 17.4 Å². The Kier molecular flexibility index (Phi) is 3.49. The monoisotopic (exact) mass is 330 g/mol. The van der Waals surface area contributed by atoms with Crippen LogP contribution in [0.2, 0.25) is 10.0 Å². The molecule has 0 aliphatic carbocycles. The number of nitrogens with two attached hydrogens (primary N) is 1. The highest BCUT2D eigenvalue weighted by molar-refractivity contribution is 7.10. The largest absolute Gasteiger partial charge is 0.398 e. The molecule has 19 heavy (non-hydrogen) atoms. The number of thiophene rings is 1. The van der Waals surface area contributed by atoms with Crippen LogP contribution in [-0.2, 0) is 6.54 Å². The number of rotatable bonds is 3. The number of hydrogen-bond acceptors (Lipinski definition) is 6. The van der Waals surface area contributed by atoms with E-state index in [9.17, 15) is 0 Å². The molecule has 0 amide bonds. The summed E-state index contributed by atoms with van der Waals surface area (Å²) in [5, 5.41) is 6.25. The molecular weight excluding hydrogens is 323 g/mol. The van der Waals surface area contributed by atoms with Crippen LogP contribution in [0.25, 0.3) is 11.0 Å². The van der Waals surface area contributed by atoms with Crippen molar-refractivity contribution in [3.8, 4) is 0 Å². The molecule has 2 heterocycles. The third-order valence-electron chi connectivity index (χ3n) is 2.65. The maximum Gasteiger partial charge on any atom is 0.130 e. The zero-order valence-corrected chi connectivity index (χ0v) is 12.6. The van der Waals surface area contributed by atoms with E-state index in [0.717, 1.165) is 28.0 Å². The Morgan fingerprint density at radius 3 is 2.74 bits per heavy atom. The van der Waals surface area contributed by atoms with Gasteiger partial charge in [0, 0.05) is 10.6 Å². The van der Waals surface area contributed by atoms with Crippen molar-refractivity contribution in [1.82, 2.24) is 8.75 Å². The minimum absolute atomic E-state index is 0.509. The van der Waals surface area contributed by atoms with Gasteiger partial charge in [-0.05, 0) is 17.5 Å². The van der Waals surface area contributed by atoms with Crippen molar-refractivity contribution in [2.24, 2.45) is 0 Å². The molecule has 3 aromatic rings. The van der Waals surface area contributed by atoms with Crippen LogP contribution in [0, 0.1) is 0 Å². The highest BCUT2D eigenvalue weighted by atomic mass is 35.5. The lowest BCUT2D eigenvalue weighted by Crippen LogP contribution is -2.01. The number of nitrogens with zero attached hydrogens (tertiary/aromatic N) is 2. The van der Waals surface area contributed by atoms with Crippen LogP contribution in [0.15, 0.2) is 17.5 Å². The Bertz CT molecular complexity index is 737. The second-order valence-electron chi connectivity index (χ2n) is 3.83. The first-order valence-corrected chi connectivity index (χ1v) is 7.69. The van der Waals surface area contributed by atoms with Crippen LogP contribution in [0.4, 0.5) is 11.4 Å². The van der Waals surface area contributed by atoms with Crippen molar-refractivity contribution in [2.45, 2.75) is 6.54 Å². The third kappa shape index (κ3) is 2.36. The third-order valence-corrected chi connectivity index (χ3v) is 4.70. The molecule has 1 aromatic carbocycles. The minimum atomic E-state index is 0.509. The minimum Gasteiger partial charge on any atom is -0.398 e. The maximum atomic E-state index is 6.21. The molecule has 0 unspecified atom stereocenters. The van der Waals surface area contributed by atoms with Gasteiger partial charge in [0.05, 0.1) is 34.0 Å². The summed E-state index contributed by atoms with van der Waals surface area (Å²) in [6.45, 7) is 0.595. The standard InChI is InChI=1S/C11H8Cl2N4S2/c12-5-3-6(13)10-11(17-19-16-10)9(5)15-4-8-7(14)1-2-18-8/h1-3,15H,4,14H2. The van der Waals surface area contributed by atoms with E-state index < -0.39 is 0 Å². The van der Waals surface area contributed by atoms with Crippen LogP contribution in [-0.4, -0.2) is 8.75 Å². The fourth-order valence-corrected chi connectivity index (χ4v) is 3.62. The second-order valence-corrected chi connectivity index (χ2v) is 6.17. The molecule has 0 saturated carbocycles. The molecule has 0 aliphatic rings. The number of nitrogen functional groups attached to an aromatic ring is 1. The first kappa shape index (κ1) is 12.9. The van der Waals surface area contributed by atoms with Crippen molar-refractivity contribution in [1.29, 1.82) is 0 Å². The highest BCUT2D eigenvalue weighted by Gasteiger charge is 2.14. The topological polar surface area (TPSA) is 63.8 Å². The molecule has 3 N–H and O–H groups in total. The molecule has 98 valence electrons. The van der Waals surface area contributed by atoms with Gasteiger partial charge in [-0.2, -0.15) is 8.75 Å². The average Bonchev–Trinajstić information content (AvgIpc) is 2.98. The van der Waals surface area contributed by atoms with Gasteiger partial charge in [-0.15, -0.1) is 11.3 Å².